The van der Waals surface area contributed by atoms with E-state index in [-0.39, 0.29) is 0 Å². The van der Waals surface area contributed by atoms with Crippen LogP contribution in [-0.2, 0) is 4.43 Å². The van der Waals surface area contributed by atoms with Gasteiger partial charge in [0.2, 0.25) is 8.32 Å². The lowest BCUT2D eigenvalue weighted by atomic mass is 10.1. The highest BCUT2D eigenvalue weighted by Gasteiger charge is 2.43. The molecule has 1 aromatic rings. The summed E-state index contributed by atoms with van der Waals surface area (Å²) in [5.41, 5.74) is 1.43. The van der Waals surface area contributed by atoms with Crippen molar-refractivity contribution in [3.8, 4) is 0 Å². The van der Waals surface area contributed by atoms with Gasteiger partial charge in [-0.05, 0) is 29.8 Å². The molecule has 0 bridgehead atoms. The molecule has 1 atom stereocenters. The maximum Gasteiger partial charge on any atom is 0.224 e. The Bertz CT molecular complexity index is 331. The molecule has 1 aliphatic rings. The van der Waals surface area contributed by atoms with E-state index in [2.05, 4.69) is 45.0 Å². The van der Waals surface area contributed by atoms with Crippen LogP contribution in [0.5, 0.6) is 0 Å². The van der Waals surface area contributed by atoms with E-state index in [0.717, 1.165) is 0 Å². The van der Waals surface area contributed by atoms with Gasteiger partial charge in [-0.1, -0.05) is 38.1 Å². The van der Waals surface area contributed by atoms with Crippen LogP contribution in [0.25, 0.3) is 0 Å². The van der Waals surface area contributed by atoms with E-state index in [1.807, 2.05) is 0 Å². The smallest absolute Gasteiger partial charge is 0.224 e. The SMILES string of the molecule is CC[Si]1(CC)OC(C)c2ccccc21. The van der Waals surface area contributed by atoms with Gasteiger partial charge >= 0.3 is 0 Å². The van der Waals surface area contributed by atoms with Gasteiger partial charge in [-0.25, -0.2) is 0 Å². The summed E-state index contributed by atoms with van der Waals surface area (Å²) in [5.74, 6) is 0. The fourth-order valence-electron chi connectivity index (χ4n) is 2.53. The Balaban J connectivity index is 2.52. The number of hydrogen-bond donors (Lipinski definition) is 0. The molecule has 14 heavy (non-hydrogen) atoms. The van der Waals surface area contributed by atoms with Crippen LogP contribution in [0, 0.1) is 0 Å². The quantitative estimate of drug-likeness (QED) is 0.676. The molecule has 1 unspecified atom stereocenters. The molecule has 0 aromatic heterocycles. The van der Waals surface area contributed by atoms with Crippen LogP contribution in [0.3, 0.4) is 0 Å². The lowest BCUT2D eigenvalue weighted by molar-refractivity contribution is 0.232. The van der Waals surface area contributed by atoms with Gasteiger partial charge in [0, 0.05) is 0 Å². The largest absolute Gasteiger partial charge is 0.406 e. The molecule has 0 fully saturated rings. The predicted octanol–water partition coefficient (Wildman–Crippen LogP) is 2.97. The minimum absolute atomic E-state index is 0.317. The normalized spacial score (nSPS) is 23.5. The summed E-state index contributed by atoms with van der Waals surface area (Å²) in [4.78, 5) is 0. The van der Waals surface area contributed by atoms with Crippen molar-refractivity contribution in [2.24, 2.45) is 0 Å². The molecule has 76 valence electrons. The fourth-order valence-corrected chi connectivity index (χ4v) is 6.27. The molecule has 0 saturated carbocycles. The average Bonchev–Trinajstić information content (AvgIpc) is 2.53. The number of benzene rings is 1. The van der Waals surface area contributed by atoms with Crippen molar-refractivity contribution in [2.75, 3.05) is 0 Å². The second-order valence-electron chi connectivity index (χ2n) is 4.05. The highest BCUT2D eigenvalue weighted by molar-refractivity contribution is 6.87. The van der Waals surface area contributed by atoms with Crippen molar-refractivity contribution < 1.29 is 4.43 Å². The molecular formula is C12H18OSi. The maximum absolute atomic E-state index is 6.26. The summed E-state index contributed by atoms with van der Waals surface area (Å²) >= 11 is 0. The van der Waals surface area contributed by atoms with Gasteiger partial charge in [0.25, 0.3) is 0 Å². The van der Waals surface area contributed by atoms with Gasteiger partial charge in [-0.3, -0.25) is 0 Å². The van der Waals surface area contributed by atoms with Gasteiger partial charge in [0.1, 0.15) is 0 Å². The van der Waals surface area contributed by atoms with Crippen molar-refractivity contribution in [1.29, 1.82) is 0 Å². The van der Waals surface area contributed by atoms with Crippen molar-refractivity contribution in [3.63, 3.8) is 0 Å². The van der Waals surface area contributed by atoms with Crippen molar-refractivity contribution in [3.05, 3.63) is 29.8 Å². The van der Waals surface area contributed by atoms with E-state index >= 15 is 0 Å². The Labute approximate surface area is 87.2 Å². The van der Waals surface area contributed by atoms with Crippen molar-refractivity contribution >= 4 is 13.5 Å². The summed E-state index contributed by atoms with van der Waals surface area (Å²) in [6.45, 7) is 6.72. The first-order chi connectivity index (χ1) is 6.73. The molecule has 2 heteroatoms. The minimum Gasteiger partial charge on any atom is -0.406 e. The zero-order valence-electron chi connectivity index (χ0n) is 9.21. The van der Waals surface area contributed by atoms with Crippen LogP contribution in [0.15, 0.2) is 24.3 Å². The predicted molar refractivity (Wildman–Crippen MR) is 62.3 cm³/mol. The first-order valence-corrected chi connectivity index (χ1v) is 7.83. The first-order valence-electron chi connectivity index (χ1n) is 5.50. The van der Waals surface area contributed by atoms with Gasteiger partial charge in [-0.2, -0.15) is 0 Å². The van der Waals surface area contributed by atoms with E-state index in [1.165, 1.54) is 22.8 Å². The van der Waals surface area contributed by atoms with E-state index in [4.69, 9.17) is 4.43 Å². The summed E-state index contributed by atoms with van der Waals surface area (Å²) in [5, 5.41) is 1.54. The summed E-state index contributed by atoms with van der Waals surface area (Å²) < 4.78 is 6.26. The topological polar surface area (TPSA) is 9.23 Å². The van der Waals surface area contributed by atoms with Crippen molar-refractivity contribution in [1.82, 2.24) is 0 Å². The monoisotopic (exact) mass is 206 g/mol. The molecule has 0 N–H and O–H groups in total. The molecule has 0 aliphatic carbocycles. The van der Waals surface area contributed by atoms with Crippen LogP contribution in [0.4, 0.5) is 0 Å². The Hall–Kier alpha value is -0.603. The summed E-state index contributed by atoms with van der Waals surface area (Å²) in [6, 6.07) is 11.2. The van der Waals surface area contributed by atoms with Crippen LogP contribution >= 0.6 is 0 Å². The number of fused-ring (bicyclic) bond motifs is 1. The highest BCUT2D eigenvalue weighted by atomic mass is 28.4. The standard InChI is InChI=1S/C12H18OSi/c1-4-14(5-2)12-9-7-6-8-11(12)10(3)13-14/h6-10H,4-5H2,1-3H3. The molecule has 2 rings (SSSR count). The van der Waals surface area contributed by atoms with E-state index in [0.29, 0.717) is 6.10 Å². The highest BCUT2D eigenvalue weighted by Crippen LogP contribution is 2.33. The lowest BCUT2D eigenvalue weighted by Crippen LogP contribution is -2.45. The van der Waals surface area contributed by atoms with E-state index in [1.54, 1.807) is 0 Å². The van der Waals surface area contributed by atoms with Crippen LogP contribution < -0.4 is 5.19 Å². The molecule has 1 nitrogen and oxygen atoms in total. The third-order valence-corrected chi connectivity index (χ3v) is 7.96. The van der Waals surface area contributed by atoms with Gasteiger partial charge in [-0.15, -0.1) is 0 Å². The van der Waals surface area contributed by atoms with E-state index in [9.17, 15) is 0 Å². The molecule has 1 heterocycles. The Morgan fingerprint density at radius 3 is 2.50 bits per heavy atom. The van der Waals surface area contributed by atoms with Gasteiger partial charge < -0.3 is 4.43 Å². The van der Waals surface area contributed by atoms with Gasteiger partial charge in [0.15, 0.2) is 0 Å². The molecule has 0 radical (unpaired) electrons. The van der Waals surface area contributed by atoms with Crippen LogP contribution in [-0.4, -0.2) is 8.32 Å². The second kappa shape index (κ2) is 3.52. The van der Waals surface area contributed by atoms with E-state index < -0.39 is 8.32 Å². The Kier molecular flexibility index (Phi) is 2.50. The van der Waals surface area contributed by atoms with Crippen molar-refractivity contribution in [2.45, 2.75) is 39.0 Å². The molecule has 1 aliphatic heterocycles. The zero-order valence-corrected chi connectivity index (χ0v) is 10.2. The second-order valence-corrected chi connectivity index (χ2v) is 8.23. The minimum atomic E-state index is -1.56. The molecular weight excluding hydrogens is 188 g/mol. The number of hydrogen-bond acceptors (Lipinski definition) is 1. The maximum atomic E-state index is 6.26. The third kappa shape index (κ3) is 1.25. The first kappa shape index (κ1) is 9.93. The Morgan fingerprint density at radius 2 is 1.86 bits per heavy atom. The molecule has 0 saturated heterocycles. The summed E-state index contributed by atoms with van der Waals surface area (Å²) in [7, 11) is -1.56. The molecule has 0 spiro atoms. The lowest BCUT2D eigenvalue weighted by Gasteiger charge is -2.24. The van der Waals surface area contributed by atoms with Crippen LogP contribution in [0.2, 0.25) is 12.1 Å². The molecule has 0 amide bonds. The average molecular weight is 206 g/mol. The van der Waals surface area contributed by atoms with Crippen LogP contribution in [0.1, 0.15) is 32.4 Å². The fraction of sp³-hybridized carbons (Fsp3) is 0.500. The zero-order chi connectivity index (χ0) is 10.2. The molecule has 1 aromatic carbocycles. The third-order valence-electron chi connectivity index (χ3n) is 3.43. The van der Waals surface area contributed by atoms with Gasteiger partial charge in [0.05, 0.1) is 6.10 Å². The summed E-state index contributed by atoms with van der Waals surface area (Å²) in [6.07, 6.45) is 0.317. The Morgan fingerprint density at radius 1 is 1.21 bits per heavy atom. The number of rotatable bonds is 2.